The van der Waals surface area contributed by atoms with Gasteiger partial charge in [-0.25, -0.2) is 0 Å². The molecule has 1 saturated carbocycles. The topological polar surface area (TPSA) is 33.7 Å². The number of benzene rings is 1. The normalized spacial score (nSPS) is 24.6. The highest BCUT2D eigenvalue weighted by atomic mass is 35.5. The molecular weight excluding hydrogens is 338 g/mol. The summed E-state index contributed by atoms with van der Waals surface area (Å²) in [4.78, 5) is 2.42. The third-order valence-electron chi connectivity index (χ3n) is 5.17. The number of rotatable bonds is 3. The Labute approximate surface area is 146 Å². The van der Waals surface area contributed by atoms with Crippen LogP contribution in [0.3, 0.4) is 0 Å². The minimum absolute atomic E-state index is 0. The molecule has 1 aliphatic carbocycles. The van der Waals surface area contributed by atoms with Crippen LogP contribution in [0.1, 0.15) is 37.3 Å². The molecule has 0 bridgehead atoms. The average molecular weight is 361 g/mol. The van der Waals surface area contributed by atoms with Gasteiger partial charge in [-0.05, 0) is 24.8 Å². The van der Waals surface area contributed by atoms with Gasteiger partial charge >= 0.3 is 6.29 Å². The summed E-state index contributed by atoms with van der Waals surface area (Å²) in [6.07, 6.45) is 1.18. The van der Waals surface area contributed by atoms with Crippen LogP contribution in [0.15, 0.2) is 18.2 Å². The van der Waals surface area contributed by atoms with Crippen molar-refractivity contribution in [3.05, 3.63) is 23.8 Å². The summed E-state index contributed by atoms with van der Waals surface area (Å²) in [5, 5.41) is 3.36. The first-order valence-corrected chi connectivity index (χ1v) is 8.47. The molecule has 1 saturated heterocycles. The van der Waals surface area contributed by atoms with Crippen LogP contribution >= 0.6 is 12.4 Å². The standard InChI is InChI=1S/C17H22F2N2O2.ClH/c18-17(19)22-14-7-3-6-13(16(14)23-17)15(12-4-1-2-5-12)21-10-8-20-9-11-21;/h3,6-7,12,15,20H,1-2,4-5,8-11H2;1H/t15-;/m1./s1. The van der Waals surface area contributed by atoms with Crippen LogP contribution in [0.2, 0.25) is 0 Å². The third kappa shape index (κ3) is 3.32. The van der Waals surface area contributed by atoms with Crippen LogP contribution < -0.4 is 14.8 Å². The molecule has 0 amide bonds. The van der Waals surface area contributed by atoms with Crippen molar-refractivity contribution < 1.29 is 18.3 Å². The highest BCUT2D eigenvalue weighted by Crippen LogP contribution is 2.49. The molecule has 24 heavy (non-hydrogen) atoms. The Hall–Kier alpha value is -1.11. The number of piperazine rings is 1. The third-order valence-corrected chi connectivity index (χ3v) is 5.17. The molecular formula is C17H23ClF2N2O2. The molecule has 2 aliphatic heterocycles. The molecule has 4 rings (SSSR count). The van der Waals surface area contributed by atoms with Crippen LogP contribution in [-0.2, 0) is 0 Å². The smallest absolute Gasteiger partial charge is 0.395 e. The second kappa shape index (κ2) is 7.02. The Morgan fingerprint density at radius 2 is 1.83 bits per heavy atom. The first kappa shape index (κ1) is 17.7. The maximum absolute atomic E-state index is 13.5. The van der Waals surface area contributed by atoms with Crippen molar-refractivity contribution in [3.8, 4) is 11.5 Å². The zero-order valence-corrected chi connectivity index (χ0v) is 14.3. The van der Waals surface area contributed by atoms with E-state index in [-0.39, 0.29) is 29.9 Å². The summed E-state index contributed by atoms with van der Waals surface area (Å²) in [6.45, 7) is 3.74. The van der Waals surface area contributed by atoms with E-state index >= 15 is 0 Å². The van der Waals surface area contributed by atoms with Gasteiger partial charge in [-0.3, -0.25) is 4.90 Å². The van der Waals surface area contributed by atoms with Crippen LogP contribution in [0.5, 0.6) is 11.5 Å². The minimum Gasteiger partial charge on any atom is -0.395 e. The number of para-hydroxylation sites is 1. The summed E-state index contributed by atoms with van der Waals surface area (Å²) in [5.74, 6) is 0.885. The van der Waals surface area contributed by atoms with Crippen molar-refractivity contribution in [1.29, 1.82) is 0 Å². The number of alkyl halides is 2. The van der Waals surface area contributed by atoms with Gasteiger partial charge in [0.25, 0.3) is 0 Å². The van der Waals surface area contributed by atoms with Crippen molar-refractivity contribution in [1.82, 2.24) is 10.2 Å². The summed E-state index contributed by atoms with van der Waals surface area (Å²) in [6, 6.07) is 5.41. The van der Waals surface area contributed by atoms with Gasteiger partial charge in [0.2, 0.25) is 0 Å². The first-order valence-electron chi connectivity index (χ1n) is 8.47. The number of nitrogens with one attached hydrogen (secondary N) is 1. The van der Waals surface area contributed by atoms with Crippen molar-refractivity contribution >= 4 is 12.4 Å². The monoisotopic (exact) mass is 360 g/mol. The Morgan fingerprint density at radius 1 is 1.12 bits per heavy atom. The van der Waals surface area contributed by atoms with E-state index in [0.29, 0.717) is 5.92 Å². The SMILES string of the molecule is Cl.FC1(F)Oc2cccc([C@@H](C3CCCC3)N3CCNCC3)c2O1. The van der Waals surface area contributed by atoms with Gasteiger partial charge in [0.05, 0.1) is 0 Å². The highest BCUT2D eigenvalue weighted by molar-refractivity contribution is 5.85. The summed E-state index contributed by atoms with van der Waals surface area (Å²) in [5.41, 5.74) is 0.855. The fourth-order valence-electron chi connectivity index (χ4n) is 4.21. The average Bonchev–Trinajstić information content (AvgIpc) is 3.15. The largest absolute Gasteiger partial charge is 0.586 e. The molecule has 2 fully saturated rings. The molecule has 0 unspecified atom stereocenters. The molecule has 2 heterocycles. The van der Waals surface area contributed by atoms with Crippen LogP contribution in [0, 0.1) is 5.92 Å². The van der Waals surface area contributed by atoms with Crippen LogP contribution in [0.4, 0.5) is 8.78 Å². The van der Waals surface area contributed by atoms with E-state index in [1.165, 1.54) is 12.8 Å². The van der Waals surface area contributed by atoms with Gasteiger partial charge in [0.15, 0.2) is 11.5 Å². The number of nitrogens with zero attached hydrogens (tertiary/aromatic N) is 1. The number of halogens is 3. The molecule has 0 spiro atoms. The van der Waals surface area contributed by atoms with Gasteiger partial charge < -0.3 is 14.8 Å². The molecule has 1 aromatic rings. The van der Waals surface area contributed by atoms with E-state index < -0.39 is 6.29 Å². The summed E-state index contributed by atoms with van der Waals surface area (Å²) < 4.78 is 36.6. The van der Waals surface area contributed by atoms with Crippen molar-refractivity contribution in [2.45, 2.75) is 38.0 Å². The predicted octanol–water partition coefficient (Wildman–Crippen LogP) is 3.57. The lowest BCUT2D eigenvalue weighted by Crippen LogP contribution is -2.46. The van der Waals surface area contributed by atoms with Gasteiger partial charge in [-0.15, -0.1) is 21.2 Å². The van der Waals surface area contributed by atoms with E-state index in [0.717, 1.165) is 44.6 Å². The Bertz CT molecular complexity index is 576. The van der Waals surface area contributed by atoms with E-state index in [2.05, 4.69) is 15.0 Å². The zero-order chi connectivity index (χ0) is 15.9. The number of fused-ring (bicyclic) bond motifs is 1. The number of ether oxygens (including phenoxy) is 2. The van der Waals surface area contributed by atoms with Gasteiger partial charge in [0, 0.05) is 37.8 Å². The Kier molecular flexibility index (Phi) is 5.18. The number of hydrogen-bond acceptors (Lipinski definition) is 4. The van der Waals surface area contributed by atoms with Gasteiger partial charge in [-0.1, -0.05) is 25.0 Å². The van der Waals surface area contributed by atoms with Crippen molar-refractivity contribution in [2.75, 3.05) is 26.2 Å². The van der Waals surface area contributed by atoms with Crippen LogP contribution in [0.25, 0.3) is 0 Å². The fourth-order valence-corrected chi connectivity index (χ4v) is 4.21. The predicted molar refractivity (Wildman–Crippen MR) is 89.0 cm³/mol. The Balaban J connectivity index is 0.00000169. The molecule has 134 valence electrons. The molecule has 1 atom stereocenters. The minimum atomic E-state index is -3.55. The molecule has 4 nitrogen and oxygen atoms in total. The quantitative estimate of drug-likeness (QED) is 0.893. The second-order valence-electron chi connectivity index (χ2n) is 6.62. The lowest BCUT2D eigenvalue weighted by Gasteiger charge is -2.38. The molecule has 0 aromatic heterocycles. The lowest BCUT2D eigenvalue weighted by molar-refractivity contribution is -0.287. The summed E-state index contributed by atoms with van der Waals surface area (Å²) in [7, 11) is 0. The van der Waals surface area contributed by atoms with E-state index in [1.807, 2.05) is 6.07 Å². The molecule has 1 aromatic carbocycles. The molecule has 0 radical (unpaired) electrons. The maximum Gasteiger partial charge on any atom is 0.586 e. The van der Waals surface area contributed by atoms with Crippen molar-refractivity contribution in [2.24, 2.45) is 5.92 Å². The van der Waals surface area contributed by atoms with Crippen LogP contribution in [-0.4, -0.2) is 37.4 Å². The molecule has 3 aliphatic rings. The van der Waals surface area contributed by atoms with E-state index in [1.54, 1.807) is 12.1 Å². The Morgan fingerprint density at radius 3 is 2.54 bits per heavy atom. The van der Waals surface area contributed by atoms with E-state index in [9.17, 15) is 8.78 Å². The zero-order valence-electron chi connectivity index (χ0n) is 13.5. The van der Waals surface area contributed by atoms with Gasteiger partial charge in [0.1, 0.15) is 0 Å². The second-order valence-corrected chi connectivity index (χ2v) is 6.62. The molecule has 1 N–H and O–H groups in total. The van der Waals surface area contributed by atoms with Gasteiger partial charge in [-0.2, -0.15) is 0 Å². The fraction of sp³-hybridized carbons (Fsp3) is 0.647. The first-order chi connectivity index (χ1) is 11.1. The van der Waals surface area contributed by atoms with Crippen molar-refractivity contribution in [3.63, 3.8) is 0 Å². The maximum atomic E-state index is 13.5. The summed E-state index contributed by atoms with van der Waals surface area (Å²) >= 11 is 0. The van der Waals surface area contributed by atoms with E-state index in [4.69, 9.17) is 4.74 Å². The molecule has 7 heteroatoms. The highest BCUT2D eigenvalue weighted by Gasteiger charge is 2.46. The lowest BCUT2D eigenvalue weighted by atomic mass is 9.89. The number of hydrogen-bond donors (Lipinski definition) is 1.